The molecule has 0 amide bonds. The van der Waals surface area contributed by atoms with E-state index in [0.29, 0.717) is 17.1 Å². The summed E-state index contributed by atoms with van der Waals surface area (Å²) in [7, 11) is -3.92. The van der Waals surface area contributed by atoms with Crippen LogP contribution in [0.2, 0.25) is 0 Å². The molecule has 0 aliphatic heterocycles. The Morgan fingerprint density at radius 1 is 1.04 bits per heavy atom. The fourth-order valence-electron chi connectivity index (χ4n) is 2.07. The minimum absolute atomic E-state index is 0.0174. The van der Waals surface area contributed by atoms with E-state index in [1.54, 1.807) is 19.1 Å². The van der Waals surface area contributed by atoms with Gasteiger partial charge in [-0.2, -0.15) is 0 Å². The number of hydrogen-bond acceptors (Lipinski definition) is 4. The molecule has 0 unspecified atom stereocenters. The number of anilines is 1. The van der Waals surface area contributed by atoms with Gasteiger partial charge in [0.05, 0.1) is 10.6 Å². The van der Waals surface area contributed by atoms with Gasteiger partial charge in [-0.15, -0.1) is 0 Å². The van der Waals surface area contributed by atoms with E-state index in [9.17, 15) is 17.2 Å². The third-order valence-corrected chi connectivity index (χ3v) is 4.65. The molecule has 8 heteroatoms. The zero-order chi connectivity index (χ0) is 17.3. The maximum absolute atomic E-state index is 13.2. The minimum atomic E-state index is -3.92. The smallest absolute Gasteiger partial charge is 0.261 e. The minimum Gasteiger partial charge on any atom is -0.449 e. The zero-order valence-corrected chi connectivity index (χ0v) is 13.3. The van der Waals surface area contributed by atoms with Crippen molar-refractivity contribution < 1.29 is 21.6 Å². The van der Waals surface area contributed by atoms with E-state index in [-0.39, 0.29) is 10.6 Å². The van der Waals surface area contributed by atoms with Gasteiger partial charge in [0.1, 0.15) is 12.0 Å². The molecule has 0 radical (unpaired) electrons. The van der Waals surface area contributed by atoms with E-state index in [0.717, 1.165) is 18.2 Å². The van der Waals surface area contributed by atoms with Gasteiger partial charge in [0.15, 0.2) is 17.5 Å². The summed E-state index contributed by atoms with van der Waals surface area (Å²) in [5, 5.41) is 0. The first kappa shape index (κ1) is 16.1. The van der Waals surface area contributed by atoms with Crippen molar-refractivity contribution in [1.82, 2.24) is 4.98 Å². The van der Waals surface area contributed by atoms with E-state index >= 15 is 0 Å². The van der Waals surface area contributed by atoms with Crippen molar-refractivity contribution in [1.29, 1.82) is 0 Å². The van der Waals surface area contributed by atoms with Gasteiger partial charge in [0.2, 0.25) is 0 Å². The number of aromatic nitrogens is 1. The third kappa shape index (κ3) is 3.28. The highest BCUT2D eigenvalue weighted by molar-refractivity contribution is 7.92. The van der Waals surface area contributed by atoms with Crippen LogP contribution in [0.5, 0.6) is 0 Å². The van der Waals surface area contributed by atoms with Crippen LogP contribution in [0.25, 0.3) is 11.3 Å². The molecular formula is C16H12F2N2O3S. The molecule has 1 heterocycles. The lowest BCUT2D eigenvalue weighted by Gasteiger charge is -2.08. The number of oxazole rings is 1. The summed E-state index contributed by atoms with van der Waals surface area (Å²) < 4.78 is 58.0. The summed E-state index contributed by atoms with van der Waals surface area (Å²) in [6.07, 6.45) is 1.47. The average molecular weight is 350 g/mol. The Bertz CT molecular complexity index is 983. The van der Waals surface area contributed by atoms with Gasteiger partial charge < -0.3 is 4.42 Å². The summed E-state index contributed by atoms with van der Waals surface area (Å²) in [6.45, 7) is 1.70. The van der Waals surface area contributed by atoms with Crippen LogP contribution in [-0.4, -0.2) is 13.4 Å². The van der Waals surface area contributed by atoms with Crippen LogP contribution in [0.4, 0.5) is 14.5 Å². The molecule has 0 fully saturated rings. The monoisotopic (exact) mass is 350 g/mol. The topological polar surface area (TPSA) is 72.2 Å². The Labute approximate surface area is 137 Å². The quantitative estimate of drug-likeness (QED) is 0.778. The lowest BCUT2D eigenvalue weighted by atomic mass is 10.2. The number of nitrogens with zero attached hydrogens (tertiary/aromatic N) is 1. The number of nitrogens with one attached hydrogen (secondary N) is 1. The third-order valence-electron chi connectivity index (χ3n) is 3.25. The van der Waals surface area contributed by atoms with Crippen LogP contribution in [0, 0.1) is 18.6 Å². The maximum atomic E-state index is 13.2. The second-order valence-corrected chi connectivity index (χ2v) is 6.69. The molecule has 0 saturated carbocycles. The van der Waals surface area contributed by atoms with Crippen molar-refractivity contribution in [3.8, 4) is 11.3 Å². The molecule has 0 atom stereocenters. The van der Waals surface area contributed by atoms with Crippen molar-refractivity contribution in [3.63, 3.8) is 0 Å². The molecule has 124 valence electrons. The van der Waals surface area contributed by atoms with Crippen molar-refractivity contribution >= 4 is 15.7 Å². The average Bonchev–Trinajstić information content (AvgIpc) is 2.97. The van der Waals surface area contributed by atoms with E-state index < -0.39 is 21.7 Å². The number of rotatable bonds is 4. The van der Waals surface area contributed by atoms with E-state index in [4.69, 9.17) is 4.42 Å². The van der Waals surface area contributed by atoms with Crippen LogP contribution in [-0.2, 0) is 10.0 Å². The molecule has 1 aromatic heterocycles. The normalized spacial score (nSPS) is 11.5. The fraction of sp³-hybridized carbons (Fsp3) is 0.0625. The summed E-state index contributed by atoms with van der Waals surface area (Å²) in [6, 6.07) is 8.71. The Hall–Kier alpha value is -2.74. The largest absolute Gasteiger partial charge is 0.449 e. The lowest BCUT2D eigenvalue weighted by molar-refractivity contribution is 0.509. The highest BCUT2D eigenvalue weighted by Crippen LogP contribution is 2.22. The summed E-state index contributed by atoms with van der Waals surface area (Å²) in [4.78, 5) is 4.13. The number of halogens is 2. The molecule has 0 spiro atoms. The standard InChI is InChI=1S/C16H12F2N2O3S/c1-10-19-16(9-23-10)11-2-5-13(6-3-11)24(21,22)20-12-4-7-14(17)15(18)8-12/h2-9,20H,1H3. The van der Waals surface area contributed by atoms with Gasteiger partial charge >= 0.3 is 0 Å². The Balaban J connectivity index is 1.85. The van der Waals surface area contributed by atoms with Crippen molar-refractivity contribution in [2.75, 3.05) is 4.72 Å². The van der Waals surface area contributed by atoms with Gasteiger partial charge in [-0.25, -0.2) is 22.2 Å². The molecule has 3 rings (SSSR count). The van der Waals surface area contributed by atoms with Crippen LogP contribution in [0.15, 0.2) is 58.0 Å². The van der Waals surface area contributed by atoms with Gasteiger partial charge in [-0.3, -0.25) is 4.72 Å². The predicted octanol–water partition coefficient (Wildman–Crippen LogP) is 3.73. The van der Waals surface area contributed by atoms with Gasteiger partial charge in [0.25, 0.3) is 10.0 Å². The first-order chi connectivity index (χ1) is 11.3. The molecule has 0 aliphatic carbocycles. The Kier molecular flexibility index (Phi) is 4.06. The highest BCUT2D eigenvalue weighted by Gasteiger charge is 2.16. The second kappa shape index (κ2) is 6.04. The molecule has 24 heavy (non-hydrogen) atoms. The van der Waals surface area contributed by atoms with Crippen molar-refractivity contribution in [3.05, 3.63) is 66.3 Å². The van der Waals surface area contributed by atoms with E-state index in [1.165, 1.54) is 18.4 Å². The molecule has 2 aromatic carbocycles. The first-order valence-corrected chi connectivity index (χ1v) is 8.34. The number of sulfonamides is 1. The number of aryl methyl sites for hydroxylation is 1. The van der Waals surface area contributed by atoms with E-state index in [1.807, 2.05) is 0 Å². The van der Waals surface area contributed by atoms with Crippen LogP contribution in [0.3, 0.4) is 0 Å². The molecule has 1 N–H and O–H groups in total. The Morgan fingerprint density at radius 3 is 2.33 bits per heavy atom. The molecule has 0 saturated heterocycles. The van der Waals surface area contributed by atoms with Crippen molar-refractivity contribution in [2.24, 2.45) is 0 Å². The summed E-state index contributed by atoms with van der Waals surface area (Å²) in [5.41, 5.74) is 1.22. The highest BCUT2D eigenvalue weighted by atomic mass is 32.2. The SMILES string of the molecule is Cc1nc(-c2ccc(S(=O)(=O)Nc3ccc(F)c(F)c3)cc2)co1. The number of hydrogen-bond donors (Lipinski definition) is 1. The van der Waals surface area contributed by atoms with Gasteiger partial charge in [-0.1, -0.05) is 12.1 Å². The van der Waals surface area contributed by atoms with E-state index in [2.05, 4.69) is 9.71 Å². The molecule has 0 bridgehead atoms. The van der Waals surface area contributed by atoms with Gasteiger partial charge in [0, 0.05) is 18.6 Å². The lowest BCUT2D eigenvalue weighted by Crippen LogP contribution is -2.13. The number of benzene rings is 2. The van der Waals surface area contributed by atoms with Crippen LogP contribution < -0.4 is 4.72 Å². The predicted molar refractivity (Wildman–Crippen MR) is 83.8 cm³/mol. The second-order valence-electron chi connectivity index (χ2n) is 5.01. The van der Waals surface area contributed by atoms with Crippen LogP contribution in [0.1, 0.15) is 5.89 Å². The summed E-state index contributed by atoms with van der Waals surface area (Å²) in [5.74, 6) is -1.68. The Morgan fingerprint density at radius 2 is 1.75 bits per heavy atom. The maximum Gasteiger partial charge on any atom is 0.261 e. The molecule has 3 aromatic rings. The summed E-state index contributed by atoms with van der Waals surface area (Å²) >= 11 is 0. The molecular weight excluding hydrogens is 338 g/mol. The van der Waals surface area contributed by atoms with Crippen LogP contribution >= 0.6 is 0 Å². The molecule has 5 nitrogen and oxygen atoms in total. The van der Waals surface area contributed by atoms with Crippen molar-refractivity contribution in [2.45, 2.75) is 11.8 Å². The fourth-order valence-corrected chi connectivity index (χ4v) is 3.12. The van der Waals surface area contributed by atoms with Gasteiger partial charge in [-0.05, 0) is 24.3 Å². The first-order valence-electron chi connectivity index (χ1n) is 6.85. The molecule has 0 aliphatic rings. The zero-order valence-electron chi connectivity index (χ0n) is 12.5.